The van der Waals surface area contributed by atoms with Gasteiger partial charge in [0.2, 0.25) is 0 Å². The number of aliphatic hydroxyl groups excluding tert-OH is 4. The van der Waals surface area contributed by atoms with Gasteiger partial charge >= 0.3 is 11.9 Å². The molecule has 0 aliphatic rings. The molecule has 0 heterocycles. The Bertz CT molecular complexity index is 710. The summed E-state index contributed by atoms with van der Waals surface area (Å²) in [6.45, 7) is 4.04. The fourth-order valence-corrected chi connectivity index (χ4v) is 7.36. The van der Waals surface area contributed by atoms with Gasteiger partial charge in [0.25, 0.3) is 0 Å². The van der Waals surface area contributed by atoms with Crippen LogP contribution >= 0.6 is 11.8 Å². The first kappa shape index (κ1) is 57.2. The molecule has 0 atom stereocenters. The molecule has 0 radical (unpaired) electrons. The van der Waals surface area contributed by atoms with Crippen LogP contribution in [0.25, 0.3) is 0 Å². The summed E-state index contributed by atoms with van der Waals surface area (Å²) >= 11 is 1.64. The quantitative estimate of drug-likeness (QED) is 0.0350. The van der Waals surface area contributed by atoms with Crippen LogP contribution in [0.5, 0.6) is 0 Å². The standard InChI is InChI=1S/C42H82O4S.C5H12O4/c1-3-5-7-9-11-13-15-17-19-21-23-25-27-29-31-33-37-45-41(43)35-39-47-40-36-42(44)46-38-34-32-30-28-26-24-22-20-18-16-14-12-10-8-6-4-2;6-1-5(2-7,3-8)4-9/h3-40H2,1-2H3;6-9H,1-4H2. The van der Waals surface area contributed by atoms with Gasteiger partial charge in [-0.1, -0.05) is 206 Å². The molecule has 0 amide bonds. The zero-order valence-electron chi connectivity index (χ0n) is 37.0. The molecule has 56 heavy (non-hydrogen) atoms. The van der Waals surface area contributed by atoms with Crippen LogP contribution in [0.3, 0.4) is 0 Å². The molecular weight excluding hydrogens is 725 g/mol. The lowest BCUT2D eigenvalue weighted by atomic mass is 9.93. The number of thioether (sulfide) groups is 1. The van der Waals surface area contributed by atoms with E-state index in [0.29, 0.717) is 37.6 Å². The maximum Gasteiger partial charge on any atom is 0.306 e. The highest BCUT2D eigenvalue weighted by Gasteiger charge is 2.26. The van der Waals surface area contributed by atoms with Gasteiger partial charge in [-0.15, -0.1) is 0 Å². The Hall–Kier alpha value is -0.870. The van der Waals surface area contributed by atoms with E-state index in [4.69, 9.17) is 29.9 Å². The highest BCUT2D eigenvalue weighted by molar-refractivity contribution is 7.99. The lowest BCUT2D eigenvalue weighted by Crippen LogP contribution is -2.37. The van der Waals surface area contributed by atoms with Crippen molar-refractivity contribution in [1.29, 1.82) is 0 Å². The highest BCUT2D eigenvalue weighted by atomic mass is 32.2. The molecule has 0 spiro atoms. The van der Waals surface area contributed by atoms with Gasteiger partial charge in [0.15, 0.2) is 0 Å². The molecule has 0 aromatic rings. The number of carbonyl (C=O) groups excluding carboxylic acids is 2. The second kappa shape index (κ2) is 48.5. The van der Waals surface area contributed by atoms with Gasteiger partial charge in [-0.25, -0.2) is 0 Å². The van der Waals surface area contributed by atoms with E-state index in [2.05, 4.69) is 13.8 Å². The summed E-state index contributed by atoms with van der Waals surface area (Å²) in [6, 6.07) is 0. The van der Waals surface area contributed by atoms with E-state index in [1.807, 2.05) is 0 Å². The molecule has 8 nitrogen and oxygen atoms in total. The zero-order valence-corrected chi connectivity index (χ0v) is 37.8. The van der Waals surface area contributed by atoms with Crippen LogP contribution < -0.4 is 0 Å². The summed E-state index contributed by atoms with van der Waals surface area (Å²) in [6.07, 6.45) is 44.0. The number of unbranched alkanes of at least 4 members (excludes halogenated alkanes) is 30. The predicted octanol–water partition coefficient (Wildman–Crippen LogP) is 12.1. The van der Waals surface area contributed by atoms with Crippen LogP contribution in [0.1, 0.15) is 232 Å². The normalized spacial score (nSPS) is 11.4. The van der Waals surface area contributed by atoms with Crippen LogP contribution in [0.2, 0.25) is 0 Å². The Balaban J connectivity index is 0. The van der Waals surface area contributed by atoms with E-state index in [0.717, 1.165) is 25.7 Å². The molecule has 336 valence electrons. The van der Waals surface area contributed by atoms with Crippen molar-refractivity contribution in [2.75, 3.05) is 51.1 Å². The fourth-order valence-electron chi connectivity index (χ4n) is 6.53. The lowest BCUT2D eigenvalue weighted by Gasteiger charge is -2.23. The van der Waals surface area contributed by atoms with E-state index >= 15 is 0 Å². The molecular formula is C47H94O8S. The minimum atomic E-state index is -1.11. The smallest absolute Gasteiger partial charge is 0.306 e. The van der Waals surface area contributed by atoms with Crippen molar-refractivity contribution >= 4 is 23.7 Å². The van der Waals surface area contributed by atoms with E-state index in [1.54, 1.807) is 11.8 Å². The molecule has 0 aliphatic heterocycles. The third kappa shape index (κ3) is 44.2. The van der Waals surface area contributed by atoms with Gasteiger partial charge in [-0.2, -0.15) is 11.8 Å². The maximum absolute atomic E-state index is 12.0. The summed E-state index contributed by atoms with van der Waals surface area (Å²) < 4.78 is 10.8. The number of ether oxygens (including phenoxy) is 2. The molecule has 0 aromatic heterocycles. The molecule has 0 aromatic carbocycles. The zero-order chi connectivity index (χ0) is 41.5. The summed E-state index contributed by atoms with van der Waals surface area (Å²) in [5, 5.41) is 34.0. The first-order chi connectivity index (χ1) is 27.4. The Morgan fingerprint density at radius 1 is 0.375 bits per heavy atom. The van der Waals surface area contributed by atoms with Gasteiger partial charge in [-0.3, -0.25) is 9.59 Å². The fraction of sp³-hybridized carbons (Fsp3) is 0.957. The summed E-state index contributed by atoms with van der Waals surface area (Å²) in [5.41, 5.74) is -1.11. The highest BCUT2D eigenvalue weighted by Crippen LogP contribution is 2.16. The molecule has 0 fully saturated rings. The van der Waals surface area contributed by atoms with Crippen LogP contribution in [0.4, 0.5) is 0 Å². The van der Waals surface area contributed by atoms with Gasteiger partial charge in [0.05, 0.1) is 57.9 Å². The Morgan fingerprint density at radius 3 is 0.786 bits per heavy atom. The number of esters is 2. The van der Waals surface area contributed by atoms with E-state index in [9.17, 15) is 9.59 Å². The SMILES string of the molecule is CCCCCCCCCCCCCCCCCCOC(=O)CCSCCC(=O)OCCCCCCCCCCCCCCCCCC.OCC(CO)(CO)CO. The Labute approximate surface area is 350 Å². The van der Waals surface area contributed by atoms with Crippen LogP contribution in [0.15, 0.2) is 0 Å². The lowest BCUT2D eigenvalue weighted by molar-refractivity contribution is -0.144. The van der Waals surface area contributed by atoms with Gasteiger partial charge in [-0.05, 0) is 12.8 Å². The molecule has 0 saturated carbocycles. The summed E-state index contributed by atoms with van der Waals surface area (Å²) in [7, 11) is 0. The summed E-state index contributed by atoms with van der Waals surface area (Å²) in [5.74, 6) is 1.21. The minimum Gasteiger partial charge on any atom is -0.466 e. The van der Waals surface area contributed by atoms with Crippen molar-refractivity contribution in [1.82, 2.24) is 0 Å². The van der Waals surface area contributed by atoms with Crippen LogP contribution in [-0.4, -0.2) is 83.5 Å². The number of carbonyl (C=O) groups is 2. The van der Waals surface area contributed by atoms with Gasteiger partial charge < -0.3 is 29.9 Å². The second-order valence-electron chi connectivity index (χ2n) is 16.3. The second-order valence-corrected chi connectivity index (χ2v) is 17.5. The van der Waals surface area contributed by atoms with Gasteiger partial charge in [0, 0.05) is 11.5 Å². The van der Waals surface area contributed by atoms with E-state index in [-0.39, 0.29) is 11.9 Å². The van der Waals surface area contributed by atoms with Crippen molar-refractivity contribution in [3.8, 4) is 0 Å². The minimum absolute atomic E-state index is 0.107. The molecule has 9 heteroatoms. The van der Waals surface area contributed by atoms with E-state index in [1.165, 1.54) is 180 Å². The maximum atomic E-state index is 12.0. The number of rotatable bonds is 44. The molecule has 0 unspecified atom stereocenters. The van der Waals surface area contributed by atoms with Crippen LogP contribution in [0, 0.1) is 5.41 Å². The third-order valence-electron chi connectivity index (χ3n) is 10.8. The first-order valence-electron chi connectivity index (χ1n) is 23.8. The monoisotopic (exact) mass is 819 g/mol. The predicted molar refractivity (Wildman–Crippen MR) is 238 cm³/mol. The van der Waals surface area contributed by atoms with Crippen molar-refractivity contribution in [2.45, 2.75) is 232 Å². The molecule has 0 bridgehead atoms. The topological polar surface area (TPSA) is 134 Å². The average Bonchev–Trinajstić information content (AvgIpc) is 3.21. The Morgan fingerprint density at radius 2 is 0.589 bits per heavy atom. The van der Waals surface area contributed by atoms with Gasteiger partial charge in [0.1, 0.15) is 0 Å². The van der Waals surface area contributed by atoms with Crippen LogP contribution in [-0.2, 0) is 19.1 Å². The van der Waals surface area contributed by atoms with Crippen molar-refractivity contribution in [2.24, 2.45) is 5.41 Å². The molecule has 0 aliphatic carbocycles. The Kier molecular flexibility index (Phi) is 49.6. The summed E-state index contributed by atoms with van der Waals surface area (Å²) in [4.78, 5) is 23.9. The largest absolute Gasteiger partial charge is 0.466 e. The molecule has 0 rings (SSSR count). The van der Waals surface area contributed by atoms with Crippen molar-refractivity contribution < 1.29 is 39.5 Å². The molecule has 4 N–H and O–H groups in total. The average molecular weight is 819 g/mol. The number of hydrogen-bond donors (Lipinski definition) is 4. The van der Waals surface area contributed by atoms with E-state index < -0.39 is 31.8 Å². The number of aliphatic hydroxyl groups is 4. The van der Waals surface area contributed by atoms with Crippen molar-refractivity contribution in [3.05, 3.63) is 0 Å². The molecule has 0 saturated heterocycles. The number of hydrogen-bond acceptors (Lipinski definition) is 9. The van der Waals surface area contributed by atoms with Crippen molar-refractivity contribution in [3.63, 3.8) is 0 Å². The third-order valence-corrected chi connectivity index (χ3v) is 11.8. The first-order valence-corrected chi connectivity index (χ1v) is 24.9.